The molecule has 0 radical (unpaired) electrons. The molecule has 136 valence electrons. The number of fused-ring (bicyclic) bond motifs is 1. The van der Waals surface area contributed by atoms with E-state index in [1.54, 1.807) is 30.6 Å². The van der Waals surface area contributed by atoms with E-state index < -0.39 is 0 Å². The van der Waals surface area contributed by atoms with Gasteiger partial charge in [-0.1, -0.05) is 18.2 Å². The first-order chi connectivity index (χ1) is 13.2. The molecule has 27 heavy (non-hydrogen) atoms. The molecule has 0 bridgehead atoms. The average Bonchev–Trinajstić information content (AvgIpc) is 3.31. The minimum absolute atomic E-state index is 0.0964. The van der Waals surface area contributed by atoms with Gasteiger partial charge in [0.05, 0.1) is 12.7 Å². The highest BCUT2D eigenvalue weighted by Gasteiger charge is 2.30. The lowest BCUT2D eigenvalue weighted by Crippen LogP contribution is -1.99. The van der Waals surface area contributed by atoms with E-state index >= 15 is 0 Å². The summed E-state index contributed by atoms with van der Waals surface area (Å²) in [4.78, 5) is 13.6. The molecule has 5 heteroatoms. The van der Waals surface area contributed by atoms with Crippen LogP contribution in [0.4, 0.5) is 0 Å². The standard InChI is InChI=1S/C22H18O4S/c1-14-19(25-13-15-5-3-6-16(11-15)24-2)9-8-18-21(23)20(26-22(14)18)12-17-7-4-10-27-17/h3-12H,13H2,1-2H3/b20-12-. The third kappa shape index (κ3) is 3.46. The fraction of sp³-hybridized carbons (Fsp3) is 0.136. The monoisotopic (exact) mass is 378 g/mol. The quantitative estimate of drug-likeness (QED) is 0.568. The SMILES string of the molecule is COc1cccc(COc2ccc3c(c2C)O/C(=C\c2cccs2)C3=O)c1. The number of ketones is 1. The van der Waals surface area contributed by atoms with Crippen molar-refractivity contribution in [3.8, 4) is 17.2 Å². The van der Waals surface area contributed by atoms with Crippen LogP contribution < -0.4 is 14.2 Å². The van der Waals surface area contributed by atoms with E-state index in [9.17, 15) is 4.79 Å². The van der Waals surface area contributed by atoms with E-state index in [-0.39, 0.29) is 5.78 Å². The van der Waals surface area contributed by atoms with Gasteiger partial charge in [0.2, 0.25) is 5.78 Å². The molecular weight excluding hydrogens is 360 g/mol. The summed E-state index contributed by atoms with van der Waals surface area (Å²) < 4.78 is 17.1. The number of allylic oxidation sites excluding steroid dienone is 1. The summed E-state index contributed by atoms with van der Waals surface area (Å²) in [5.74, 6) is 2.31. The molecule has 4 nitrogen and oxygen atoms in total. The minimum Gasteiger partial charge on any atom is -0.497 e. The number of methoxy groups -OCH3 is 1. The summed E-state index contributed by atoms with van der Waals surface area (Å²) in [5, 5.41) is 1.97. The van der Waals surface area contributed by atoms with E-state index in [4.69, 9.17) is 14.2 Å². The summed E-state index contributed by atoms with van der Waals surface area (Å²) in [6.07, 6.45) is 1.78. The first-order valence-electron chi connectivity index (χ1n) is 8.53. The molecule has 1 aliphatic rings. The van der Waals surface area contributed by atoms with Crippen molar-refractivity contribution < 1.29 is 19.0 Å². The van der Waals surface area contributed by atoms with Gasteiger partial charge in [-0.25, -0.2) is 0 Å². The van der Waals surface area contributed by atoms with Crippen LogP contribution in [0.5, 0.6) is 17.2 Å². The van der Waals surface area contributed by atoms with Crippen LogP contribution in [0.2, 0.25) is 0 Å². The normalized spacial score (nSPS) is 14.1. The second kappa shape index (κ2) is 7.29. The zero-order valence-corrected chi connectivity index (χ0v) is 15.8. The highest BCUT2D eigenvalue weighted by molar-refractivity contribution is 7.10. The number of Topliss-reactive ketones (excluding diaryl/α,β-unsaturated/α-hetero) is 1. The van der Waals surface area contributed by atoms with Crippen LogP contribution in [0, 0.1) is 6.92 Å². The van der Waals surface area contributed by atoms with Gasteiger partial charge in [-0.05, 0) is 48.2 Å². The summed E-state index contributed by atoms with van der Waals surface area (Å²) in [6, 6.07) is 15.2. The fourth-order valence-corrected chi connectivity index (χ4v) is 3.60. The zero-order valence-electron chi connectivity index (χ0n) is 15.0. The number of ether oxygens (including phenoxy) is 3. The summed E-state index contributed by atoms with van der Waals surface area (Å²) >= 11 is 1.56. The first kappa shape index (κ1) is 17.4. The third-order valence-electron chi connectivity index (χ3n) is 4.38. The van der Waals surface area contributed by atoms with Crippen molar-refractivity contribution in [2.45, 2.75) is 13.5 Å². The van der Waals surface area contributed by atoms with Gasteiger partial charge in [-0.15, -0.1) is 11.3 Å². The summed E-state index contributed by atoms with van der Waals surface area (Å²) in [5.41, 5.74) is 2.40. The van der Waals surface area contributed by atoms with Crippen LogP contribution in [0.1, 0.15) is 26.4 Å². The van der Waals surface area contributed by atoms with Gasteiger partial charge in [0.1, 0.15) is 23.9 Å². The summed E-state index contributed by atoms with van der Waals surface area (Å²) in [6.45, 7) is 2.31. The van der Waals surface area contributed by atoms with Gasteiger partial charge in [0.15, 0.2) is 5.76 Å². The molecule has 1 aliphatic heterocycles. The molecule has 0 unspecified atom stereocenters. The van der Waals surface area contributed by atoms with Crippen LogP contribution in [0.15, 0.2) is 59.7 Å². The van der Waals surface area contributed by atoms with Crippen molar-refractivity contribution in [1.82, 2.24) is 0 Å². The number of thiophene rings is 1. The molecule has 2 heterocycles. The molecular formula is C22H18O4S. The average molecular weight is 378 g/mol. The van der Waals surface area contributed by atoms with Crippen molar-refractivity contribution in [1.29, 1.82) is 0 Å². The molecule has 1 aromatic heterocycles. The molecule has 0 saturated heterocycles. The zero-order chi connectivity index (χ0) is 18.8. The number of carbonyl (C=O) groups excluding carboxylic acids is 1. The highest BCUT2D eigenvalue weighted by atomic mass is 32.1. The Morgan fingerprint density at radius 1 is 1.15 bits per heavy atom. The number of benzene rings is 2. The Morgan fingerprint density at radius 2 is 2.04 bits per heavy atom. The van der Waals surface area contributed by atoms with Crippen molar-refractivity contribution in [2.75, 3.05) is 7.11 Å². The molecule has 2 aromatic carbocycles. The number of hydrogen-bond donors (Lipinski definition) is 0. The Morgan fingerprint density at radius 3 is 2.81 bits per heavy atom. The van der Waals surface area contributed by atoms with Gasteiger partial charge in [-0.2, -0.15) is 0 Å². The van der Waals surface area contributed by atoms with E-state index in [2.05, 4.69) is 0 Å². The molecule has 0 N–H and O–H groups in total. The van der Waals surface area contributed by atoms with Crippen LogP contribution in [-0.2, 0) is 6.61 Å². The molecule has 0 fully saturated rings. The van der Waals surface area contributed by atoms with Crippen molar-refractivity contribution in [3.63, 3.8) is 0 Å². The van der Waals surface area contributed by atoms with Gasteiger partial charge < -0.3 is 14.2 Å². The van der Waals surface area contributed by atoms with Crippen LogP contribution in [-0.4, -0.2) is 12.9 Å². The van der Waals surface area contributed by atoms with Crippen molar-refractivity contribution in [3.05, 3.63) is 81.2 Å². The van der Waals surface area contributed by atoms with Gasteiger partial charge in [0.25, 0.3) is 0 Å². The third-order valence-corrected chi connectivity index (χ3v) is 5.20. The highest BCUT2D eigenvalue weighted by Crippen LogP contribution is 2.39. The molecule has 0 saturated carbocycles. The van der Waals surface area contributed by atoms with Crippen LogP contribution >= 0.6 is 11.3 Å². The molecule has 0 amide bonds. The minimum atomic E-state index is -0.0964. The number of hydrogen-bond acceptors (Lipinski definition) is 5. The maximum atomic E-state index is 12.6. The Kier molecular flexibility index (Phi) is 4.69. The lowest BCUT2D eigenvalue weighted by atomic mass is 10.1. The first-order valence-corrected chi connectivity index (χ1v) is 9.41. The molecule has 3 aromatic rings. The van der Waals surface area contributed by atoms with Crippen molar-refractivity contribution >= 4 is 23.2 Å². The Balaban J connectivity index is 1.56. The van der Waals surface area contributed by atoms with Crippen LogP contribution in [0.3, 0.4) is 0 Å². The van der Waals surface area contributed by atoms with E-state index in [0.29, 0.717) is 29.4 Å². The molecule has 0 atom stereocenters. The molecule has 4 rings (SSSR count). The Hall–Kier alpha value is -3.05. The maximum absolute atomic E-state index is 12.6. The Bertz CT molecular complexity index is 1020. The van der Waals surface area contributed by atoms with Gasteiger partial charge >= 0.3 is 0 Å². The summed E-state index contributed by atoms with van der Waals surface area (Å²) in [7, 11) is 1.64. The lowest BCUT2D eigenvalue weighted by molar-refractivity contribution is 0.101. The van der Waals surface area contributed by atoms with E-state index in [1.165, 1.54) is 0 Å². The molecule has 0 spiro atoms. The predicted octanol–water partition coefficient (Wildman–Crippen LogP) is 5.26. The largest absolute Gasteiger partial charge is 0.497 e. The van der Waals surface area contributed by atoms with Gasteiger partial charge in [-0.3, -0.25) is 4.79 Å². The lowest BCUT2D eigenvalue weighted by Gasteiger charge is -2.12. The fourth-order valence-electron chi connectivity index (χ4n) is 2.95. The van der Waals surface area contributed by atoms with E-state index in [1.807, 2.05) is 54.8 Å². The molecule has 0 aliphatic carbocycles. The van der Waals surface area contributed by atoms with Crippen LogP contribution in [0.25, 0.3) is 6.08 Å². The van der Waals surface area contributed by atoms with Gasteiger partial charge in [0, 0.05) is 16.5 Å². The maximum Gasteiger partial charge on any atom is 0.232 e. The topological polar surface area (TPSA) is 44.8 Å². The predicted molar refractivity (Wildman–Crippen MR) is 106 cm³/mol. The Labute approximate surface area is 161 Å². The van der Waals surface area contributed by atoms with E-state index in [0.717, 1.165) is 21.8 Å². The van der Waals surface area contributed by atoms with Crippen molar-refractivity contribution in [2.24, 2.45) is 0 Å². The second-order valence-electron chi connectivity index (χ2n) is 6.16. The number of rotatable bonds is 5. The number of carbonyl (C=O) groups is 1. The second-order valence-corrected chi connectivity index (χ2v) is 7.14. The smallest absolute Gasteiger partial charge is 0.232 e.